The van der Waals surface area contributed by atoms with Crippen LogP contribution in [0.2, 0.25) is 0 Å². The minimum atomic E-state index is -0.627. The predicted molar refractivity (Wildman–Crippen MR) is 113 cm³/mol. The van der Waals surface area contributed by atoms with E-state index in [1.807, 2.05) is 41.0 Å². The predicted octanol–water partition coefficient (Wildman–Crippen LogP) is 4.29. The number of nitrogens with zero attached hydrogens (tertiary/aromatic N) is 2. The highest BCUT2D eigenvalue weighted by Crippen LogP contribution is 2.20. The fraction of sp³-hybridized carbons (Fsp3) is 0.125. The van der Waals surface area contributed by atoms with Crippen molar-refractivity contribution in [2.24, 2.45) is 0 Å². The maximum atomic E-state index is 12.7. The highest BCUT2D eigenvalue weighted by atomic mass is 16.5. The second-order valence-electron chi connectivity index (χ2n) is 6.65. The molecule has 0 bridgehead atoms. The van der Waals surface area contributed by atoms with Gasteiger partial charge in [0.25, 0.3) is 0 Å². The Hall–Kier alpha value is -3.73. The molecular weight excluding hydrogens is 364 g/mol. The summed E-state index contributed by atoms with van der Waals surface area (Å²) in [5, 5.41) is 0. The van der Waals surface area contributed by atoms with Gasteiger partial charge in [0.1, 0.15) is 11.1 Å². The van der Waals surface area contributed by atoms with E-state index in [0.717, 1.165) is 16.7 Å². The molecule has 0 fully saturated rings. The summed E-state index contributed by atoms with van der Waals surface area (Å²) in [6, 6.07) is 22.0. The number of pyridine rings is 2. The quantitative estimate of drug-likeness (QED) is 0.482. The molecule has 2 aromatic heterocycles. The number of carbonyl (C=O) groups is 1. The zero-order chi connectivity index (χ0) is 20.2. The molecule has 0 N–H and O–H groups in total. The van der Waals surface area contributed by atoms with Crippen LogP contribution in [-0.4, -0.2) is 22.1 Å². The molecule has 0 aliphatic carbocycles. The van der Waals surface area contributed by atoms with E-state index in [4.69, 9.17) is 4.74 Å². The Morgan fingerprint density at radius 2 is 1.69 bits per heavy atom. The Kier molecular flexibility index (Phi) is 5.20. The Balaban J connectivity index is 1.73. The highest BCUT2D eigenvalue weighted by molar-refractivity contribution is 5.92. The standard InChI is InChI=1S/C24H20N2O3/c1-2-29-24(28)20-16-26(21-9-6-14-25-22(21)23(20)27)15-17-10-12-19(13-11-17)18-7-4-3-5-8-18/h3-14,16H,2,15H2,1H3. The molecule has 0 saturated heterocycles. The molecule has 0 amide bonds. The van der Waals surface area contributed by atoms with Crippen LogP contribution in [0.4, 0.5) is 0 Å². The van der Waals surface area contributed by atoms with E-state index in [0.29, 0.717) is 12.1 Å². The Morgan fingerprint density at radius 1 is 0.966 bits per heavy atom. The fourth-order valence-corrected chi connectivity index (χ4v) is 3.33. The van der Waals surface area contributed by atoms with Gasteiger partial charge in [0.05, 0.1) is 12.1 Å². The largest absolute Gasteiger partial charge is 0.462 e. The van der Waals surface area contributed by atoms with Crippen molar-refractivity contribution in [1.29, 1.82) is 0 Å². The molecule has 4 aromatic rings. The number of carbonyl (C=O) groups excluding carboxylic acids is 1. The first kappa shape index (κ1) is 18.6. The summed E-state index contributed by atoms with van der Waals surface area (Å²) in [4.78, 5) is 29.1. The topological polar surface area (TPSA) is 61.2 Å². The lowest BCUT2D eigenvalue weighted by molar-refractivity contribution is 0.0524. The van der Waals surface area contributed by atoms with Crippen LogP contribution in [0.3, 0.4) is 0 Å². The highest BCUT2D eigenvalue weighted by Gasteiger charge is 2.17. The van der Waals surface area contributed by atoms with E-state index in [-0.39, 0.29) is 17.7 Å². The molecule has 0 atom stereocenters. The van der Waals surface area contributed by atoms with Gasteiger partial charge in [-0.15, -0.1) is 0 Å². The molecule has 4 rings (SSSR count). The minimum absolute atomic E-state index is 0.000967. The fourth-order valence-electron chi connectivity index (χ4n) is 3.33. The Morgan fingerprint density at radius 3 is 2.41 bits per heavy atom. The van der Waals surface area contributed by atoms with E-state index in [2.05, 4.69) is 29.2 Å². The van der Waals surface area contributed by atoms with E-state index in [9.17, 15) is 9.59 Å². The molecule has 0 radical (unpaired) electrons. The smallest absolute Gasteiger partial charge is 0.343 e. The van der Waals surface area contributed by atoms with E-state index in [1.54, 1.807) is 25.4 Å². The second-order valence-corrected chi connectivity index (χ2v) is 6.65. The van der Waals surface area contributed by atoms with Crippen LogP contribution in [0, 0.1) is 0 Å². The monoisotopic (exact) mass is 384 g/mol. The molecule has 0 saturated carbocycles. The van der Waals surface area contributed by atoms with Crippen LogP contribution in [0.25, 0.3) is 22.2 Å². The van der Waals surface area contributed by atoms with Crippen molar-refractivity contribution >= 4 is 17.0 Å². The van der Waals surface area contributed by atoms with Gasteiger partial charge < -0.3 is 9.30 Å². The summed E-state index contributed by atoms with van der Waals surface area (Å²) in [5.41, 5.74) is 3.87. The Labute approximate surface area is 168 Å². The summed E-state index contributed by atoms with van der Waals surface area (Å²) >= 11 is 0. The van der Waals surface area contributed by atoms with Crippen LogP contribution in [0.5, 0.6) is 0 Å². The number of rotatable bonds is 5. The summed E-state index contributed by atoms with van der Waals surface area (Å²) in [6.07, 6.45) is 3.12. The van der Waals surface area contributed by atoms with Gasteiger partial charge in [0.15, 0.2) is 0 Å². The summed E-state index contributed by atoms with van der Waals surface area (Å²) < 4.78 is 6.92. The molecule has 2 aromatic carbocycles. The number of fused-ring (bicyclic) bond motifs is 1. The van der Waals surface area contributed by atoms with Gasteiger partial charge in [-0.3, -0.25) is 9.78 Å². The number of hydrogen-bond acceptors (Lipinski definition) is 4. The first-order valence-corrected chi connectivity index (χ1v) is 9.47. The zero-order valence-electron chi connectivity index (χ0n) is 16.0. The van der Waals surface area contributed by atoms with Crippen LogP contribution >= 0.6 is 0 Å². The van der Waals surface area contributed by atoms with Crippen molar-refractivity contribution < 1.29 is 9.53 Å². The molecule has 0 spiro atoms. The summed E-state index contributed by atoms with van der Waals surface area (Å²) in [6.45, 7) is 2.42. The average Bonchev–Trinajstić information content (AvgIpc) is 2.77. The van der Waals surface area contributed by atoms with Crippen molar-refractivity contribution in [1.82, 2.24) is 9.55 Å². The number of aromatic nitrogens is 2. The van der Waals surface area contributed by atoms with Gasteiger partial charge >= 0.3 is 5.97 Å². The first-order chi connectivity index (χ1) is 14.2. The van der Waals surface area contributed by atoms with E-state index >= 15 is 0 Å². The molecule has 0 aliphatic heterocycles. The van der Waals surface area contributed by atoms with Crippen LogP contribution < -0.4 is 5.43 Å². The lowest BCUT2D eigenvalue weighted by atomic mass is 10.0. The maximum Gasteiger partial charge on any atom is 0.343 e. The summed E-state index contributed by atoms with van der Waals surface area (Å²) in [5.74, 6) is -0.627. The molecule has 2 heterocycles. The van der Waals surface area contributed by atoms with Gasteiger partial charge in [-0.25, -0.2) is 4.79 Å². The molecule has 5 nitrogen and oxygen atoms in total. The number of ether oxygens (including phenoxy) is 1. The molecule has 144 valence electrons. The van der Waals surface area contributed by atoms with Crippen molar-refractivity contribution in [3.8, 4) is 11.1 Å². The third-order valence-corrected chi connectivity index (χ3v) is 4.75. The molecule has 0 aliphatic rings. The van der Waals surface area contributed by atoms with E-state index < -0.39 is 11.4 Å². The van der Waals surface area contributed by atoms with Crippen molar-refractivity contribution in [3.05, 3.63) is 100 Å². The lowest BCUT2D eigenvalue weighted by Gasteiger charge is -2.13. The zero-order valence-corrected chi connectivity index (χ0v) is 16.0. The average molecular weight is 384 g/mol. The van der Waals surface area contributed by atoms with Crippen molar-refractivity contribution in [2.75, 3.05) is 6.61 Å². The van der Waals surface area contributed by atoms with Crippen LogP contribution in [0.1, 0.15) is 22.8 Å². The molecular formula is C24H20N2O3. The number of benzene rings is 2. The minimum Gasteiger partial charge on any atom is -0.462 e. The third-order valence-electron chi connectivity index (χ3n) is 4.75. The lowest BCUT2D eigenvalue weighted by Crippen LogP contribution is -2.21. The van der Waals surface area contributed by atoms with Crippen molar-refractivity contribution in [3.63, 3.8) is 0 Å². The van der Waals surface area contributed by atoms with Crippen molar-refractivity contribution in [2.45, 2.75) is 13.5 Å². The normalized spacial score (nSPS) is 10.8. The van der Waals surface area contributed by atoms with Gasteiger partial charge in [0.2, 0.25) is 5.43 Å². The van der Waals surface area contributed by atoms with Gasteiger partial charge in [-0.2, -0.15) is 0 Å². The number of esters is 1. The third kappa shape index (κ3) is 3.80. The van der Waals surface area contributed by atoms with Crippen LogP contribution in [-0.2, 0) is 11.3 Å². The van der Waals surface area contributed by atoms with E-state index in [1.165, 1.54) is 0 Å². The van der Waals surface area contributed by atoms with Gasteiger partial charge in [-0.05, 0) is 35.7 Å². The maximum absolute atomic E-state index is 12.7. The first-order valence-electron chi connectivity index (χ1n) is 9.47. The molecule has 0 unspecified atom stereocenters. The number of hydrogen-bond donors (Lipinski definition) is 0. The van der Waals surface area contributed by atoms with Crippen LogP contribution in [0.15, 0.2) is 83.9 Å². The van der Waals surface area contributed by atoms with Gasteiger partial charge in [-0.1, -0.05) is 54.6 Å². The van der Waals surface area contributed by atoms with Gasteiger partial charge in [0, 0.05) is 18.9 Å². The molecule has 5 heteroatoms. The second kappa shape index (κ2) is 8.10. The molecule has 29 heavy (non-hydrogen) atoms. The summed E-state index contributed by atoms with van der Waals surface area (Å²) in [7, 11) is 0. The Bertz CT molecular complexity index is 1210. The SMILES string of the molecule is CCOC(=O)c1cn(Cc2ccc(-c3ccccc3)cc2)c2cccnc2c1=O.